The summed E-state index contributed by atoms with van der Waals surface area (Å²) >= 11 is 0. The molecule has 0 heterocycles. The molecule has 2 unspecified atom stereocenters. The Balaban J connectivity index is 2.08. The van der Waals surface area contributed by atoms with Gasteiger partial charge in [-0.15, -0.1) is 0 Å². The van der Waals surface area contributed by atoms with Gasteiger partial charge in [0, 0.05) is 33.2 Å². The van der Waals surface area contributed by atoms with E-state index in [1.165, 1.54) is 19.8 Å². The lowest BCUT2D eigenvalue weighted by Crippen LogP contribution is -2.40. The van der Waals surface area contributed by atoms with E-state index in [1.54, 1.807) is 7.11 Å². The minimum Gasteiger partial charge on any atom is -0.380 e. The molecule has 1 aliphatic rings. The van der Waals surface area contributed by atoms with Crippen molar-refractivity contribution >= 4 is 5.91 Å². The molecule has 0 saturated heterocycles. The molecule has 2 N–H and O–H groups in total. The summed E-state index contributed by atoms with van der Waals surface area (Å²) in [6.45, 7) is 3.06. The minimum atomic E-state index is 0.0292. The lowest BCUT2D eigenvalue weighted by Gasteiger charge is -2.19. The van der Waals surface area contributed by atoms with Crippen LogP contribution in [0.1, 0.15) is 26.2 Å². The predicted molar refractivity (Wildman–Crippen MR) is 55.1 cm³/mol. The second-order valence-corrected chi connectivity index (χ2v) is 3.75. The Bertz CT molecular complexity index is 185. The molecule has 1 aliphatic carbocycles. The zero-order chi connectivity index (χ0) is 10.4. The Morgan fingerprint density at radius 1 is 1.43 bits per heavy atom. The fourth-order valence-corrected chi connectivity index (χ4v) is 1.94. The maximum Gasteiger partial charge on any atom is 0.216 e. The van der Waals surface area contributed by atoms with Gasteiger partial charge in [-0.2, -0.15) is 0 Å². The van der Waals surface area contributed by atoms with Crippen LogP contribution >= 0.6 is 0 Å². The third-order valence-electron chi connectivity index (χ3n) is 2.66. The molecule has 4 heteroatoms. The lowest BCUT2D eigenvalue weighted by atomic mass is 10.2. The van der Waals surface area contributed by atoms with Gasteiger partial charge in [0.05, 0.1) is 6.10 Å². The monoisotopic (exact) mass is 200 g/mol. The summed E-state index contributed by atoms with van der Waals surface area (Å²) in [5.74, 6) is 0.0292. The first kappa shape index (κ1) is 11.5. The quantitative estimate of drug-likeness (QED) is 0.627. The minimum absolute atomic E-state index is 0.0292. The Morgan fingerprint density at radius 2 is 2.21 bits per heavy atom. The molecule has 1 saturated carbocycles. The molecule has 0 aliphatic heterocycles. The van der Waals surface area contributed by atoms with Crippen LogP contribution in [0.4, 0.5) is 0 Å². The van der Waals surface area contributed by atoms with Crippen molar-refractivity contribution in [3.63, 3.8) is 0 Å². The molecule has 82 valence electrons. The zero-order valence-corrected chi connectivity index (χ0v) is 9.01. The van der Waals surface area contributed by atoms with Gasteiger partial charge < -0.3 is 15.4 Å². The van der Waals surface area contributed by atoms with Crippen LogP contribution in [0.2, 0.25) is 0 Å². The van der Waals surface area contributed by atoms with E-state index in [1.807, 2.05) is 0 Å². The summed E-state index contributed by atoms with van der Waals surface area (Å²) in [5, 5.41) is 6.16. The van der Waals surface area contributed by atoms with Gasteiger partial charge >= 0.3 is 0 Å². The molecule has 0 spiro atoms. The van der Waals surface area contributed by atoms with E-state index in [9.17, 15) is 4.79 Å². The van der Waals surface area contributed by atoms with E-state index in [0.717, 1.165) is 13.0 Å². The molecule has 14 heavy (non-hydrogen) atoms. The van der Waals surface area contributed by atoms with E-state index >= 15 is 0 Å². The normalized spacial score (nSPS) is 26.4. The van der Waals surface area contributed by atoms with E-state index in [-0.39, 0.29) is 5.91 Å². The highest BCUT2D eigenvalue weighted by Gasteiger charge is 2.25. The highest BCUT2D eigenvalue weighted by molar-refractivity contribution is 5.72. The zero-order valence-electron chi connectivity index (χ0n) is 9.01. The Labute approximate surface area is 85.4 Å². The van der Waals surface area contributed by atoms with E-state index in [2.05, 4.69) is 10.6 Å². The lowest BCUT2D eigenvalue weighted by molar-refractivity contribution is -0.118. The maximum absolute atomic E-state index is 10.6. The van der Waals surface area contributed by atoms with Gasteiger partial charge in [0.25, 0.3) is 0 Å². The van der Waals surface area contributed by atoms with E-state index in [4.69, 9.17) is 4.74 Å². The van der Waals surface area contributed by atoms with Crippen LogP contribution in [-0.2, 0) is 9.53 Å². The first-order chi connectivity index (χ1) is 6.74. The molecule has 1 fully saturated rings. The second-order valence-electron chi connectivity index (χ2n) is 3.75. The van der Waals surface area contributed by atoms with Gasteiger partial charge in [0.15, 0.2) is 0 Å². The van der Waals surface area contributed by atoms with Gasteiger partial charge in [-0.25, -0.2) is 0 Å². The summed E-state index contributed by atoms with van der Waals surface area (Å²) in [4.78, 5) is 10.6. The average molecular weight is 200 g/mol. The summed E-state index contributed by atoms with van der Waals surface area (Å²) in [6, 6.07) is 0.466. The largest absolute Gasteiger partial charge is 0.380 e. The first-order valence-corrected chi connectivity index (χ1v) is 5.24. The van der Waals surface area contributed by atoms with Crippen molar-refractivity contribution in [2.75, 3.05) is 20.2 Å². The van der Waals surface area contributed by atoms with Crippen molar-refractivity contribution in [2.45, 2.75) is 38.3 Å². The van der Waals surface area contributed by atoms with Crippen LogP contribution in [0.25, 0.3) is 0 Å². The van der Waals surface area contributed by atoms with Crippen molar-refractivity contribution in [1.82, 2.24) is 10.6 Å². The number of carbonyl (C=O) groups is 1. The third kappa shape index (κ3) is 3.64. The summed E-state index contributed by atoms with van der Waals surface area (Å²) < 4.78 is 5.35. The highest BCUT2D eigenvalue weighted by Crippen LogP contribution is 2.20. The topological polar surface area (TPSA) is 50.4 Å². The smallest absolute Gasteiger partial charge is 0.216 e. The molecule has 1 rings (SSSR count). The van der Waals surface area contributed by atoms with Crippen molar-refractivity contribution in [1.29, 1.82) is 0 Å². The van der Waals surface area contributed by atoms with Gasteiger partial charge in [-0.1, -0.05) is 0 Å². The number of carbonyl (C=O) groups excluding carboxylic acids is 1. The fraction of sp³-hybridized carbons (Fsp3) is 0.900. The Hall–Kier alpha value is -0.610. The number of hydrogen-bond donors (Lipinski definition) is 2. The van der Waals surface area contributed by atoms with Gasteiger partial charge in [-0.05, 0) is 19.3 Å². The molecular weight excluding hydrogens is 180 g/mol. The second kappa shape index (κ2) is 5.98. The first-order valence-electron chi connectivity index (χ1n) is 5.24. The van der Waals surface area contributed by atoms with Crippen molar-refractivity contribution < 1.29 is 9.53 Å². The van der Waals surface area contributed by atoms with Gasteiger partial charge in [-0.3, -0.25) is 4.79 Å². The van der Waals surface area contributed by atoms with Crippen molar-refractivity contribution in [2.24, 2.45) is 0 Å². The highest BCUT2D eigenvalue weighted by atomic mass is 16.5. The number of rotatable bonds is 5. The SMILES string of the molecule is COC1CCCC1NCCNC(C)=O. The van der Waals surface area contributed by atoms with Crippen LogP contribution in [-0.4, -0.2) is 38.3 Å². The summed E-state index contributed by atoms with van der Waals surface area (Å²) in [7, 11) is 1.76. The fourth-order valence-electron chi connectivity index (χ4n) is 1.94. The van der Waals surface area contributed by atoms with Gasteiger partial charge in [0.2, 0.25) is 5.91 Å². The van der Waals surface area contributed by atoms with Crippen LogP contribution in [0.15, 0.2) is 0 Å². The van der Waals surface area contributed by atoms with E-state index < -0.39 is 0 Å². The van der Waals surface area contributed by atoms with Gasteiger partial charge in [0.1, 0.15) is 0 Å². The number of ether oxygens (including phenoxy) is 1. The summed E-state index contributed by atoms with van der Waals surface area (Å²) in [6.07, 6.45) is 3.91. The summed E-state index contributed by atoms with van der Waals surface area (Å²) in [5.41, 5.74) is 0. The predicted octanol–water partition coefficient (Wildman–Crippen LogP) is 0.280. The molecule has 0 aromatic heterocycles. The van der Waals surface area contributed by atoms with Crippen molar-refractivity contribution in [3.05, 3.63) is 0 Å². The van der Waals surface area contributed by atoms with Crippen molar-refractivity contribution in [3.8, 4) is 0 Å². The molecule has 0 radical (unpaired) electrons. The number of amides is 1. The number of hydrogen-bond acceptors (Lipinski definition) is 3. The average Bonchev–Trinajstić information content (AvgIpc) is 2.59. The Kier molecular flexibility index (Phi) is 4.90. The standard InChI is InChI=1S/C10H20N2O2/c1-8(13)11-6-7-12-9-4-3-5-10(9)14-2/h9-10,12H,3-7H2,1-2H3,(H,11,13). The molecule has 1 amide bonds. The Morgan fingerprint density at radius 3 is 2.86 bits per heavy atom. The van der Waals surface area contributed by atoms with Crippen LogP contribution < -0.4 is 10.6 Å². The molecule has 0 aromatic carbocycles. The maximum atomic E-state index is 10.6. The van der Waals surface area contributed by atoms with Crippen LogP contribution in [0, 0.1) is 0 Å². The van der Waals surface area contributed by atoms with Crippen LogP contribution in [0.3, 0.4) is 0 Å². The molecule has 4 nitrogen and oxygen atoms in total. The van der Waals surface area contributed by atoms with Crippen LogP contribution in [0.5, 0.6) is 0 Å². The third-order valence-corrected chi connectivity index (χ3v) is 2.66. The molecule has 2 atom stereocenters. The molecule has 0 bridgehead atoms. The molecule has 0 aromatic rings. The van der Waals surface area contributed by atoms with E-state index in [0.29, 0.717) is 18.7 Å². The number of methoxy groups -OCH3 is 1. The molecular formula is C10H20N2O2. The number of nitrogens with one attached hydrogen (secondary N) is 2.